The van der Waals surface area contributed by atoms with Gasteiger partial charge in [-0.2, -0.15) is 0 Å². The number of carbonyl (C=O) groups excluding carboxylic acids is 1. The summed E-state index contributed by atoms with van der Waals surface area (Å²) in [5, 5.41) is 8.71. The molecule has 0 bridgehead atoms. The van der Waals surface area contributed by atoms with E-state index >= 15 is 0 Å². The van der Waals surface area contributed by atoms with Gasteiger partial charge in [-0.25, -0.2) is 9.18 Å². The van der Waals surface area contributed by atoms with Crippen LogP contribution < -0.4 is 4.90 Å². The van der Waals surface area contributed by atoms with Crippen LogP contribution in [0.1, 0.15) is 0 Å². The van der Waals surface area contributed by atoms with E-state index in [0.717, 1.165) is 9.80 Å². The van der Waals surface area contributed by atoms with E-state index in [2.05, 4.69) is 5.92 Å². The molecule has 0 radical (unpaired) electrons. The number of rotatable bonds is 4. The highest BCUT2D eigenvalue weighted by atomic mass is 19.1. The molecule has 1 aromatic rings. The molecule has 0 atom stereocenters. The van der Waals surface area contributed by atoms with Gasteiger partial charge in [0.2, 0.25) is 0 Å². The minimum absolute atomic E-state index is 0.0555. The maximum atomic E-state index is 13.5. The normalized spacial score (nSPS) is 9.53. The number of hydrogen-bond acceptors (Lipinski definition) is 2. The number of aliphatic carboxylic acids is 1. The maximum Gasteiger partial charge on any atom is 0.325 e. The van der Waals surface area contributed by atoms with Crippen LogP contribution in [0.2, 0.25) is 0 Å². The largest absolute Gasteiger partial charge is 0.480 e. The first-order valence-electron chi connectivity index (χ1n) is 5.39. The van der Waals surface area contributed by atoms with Crippen LogP contribution in [0.5, 0.6) is 0 Å². The minimum Gasteiger partial charge on any atom is -0.480 e. The van der Waals surface area contributed by atoms with Crippen LogP contribution >= 0.6 is 0 Å². The molecule has 0 spiro atoms. The number of carboxylic acid groups (broad SMARTS) is 1. The number of benzene rings is 1. The number of para-hydroxylation sites is 1. The molecule has 1 rings (SSSR count). The molecule has 0 aromatic heterocycles. The summed E-state index contributed by atoms with van der Waals surface area (Å²) in [4.78, 5) is 24.7. The number of anilines is 1. The van der Waals surface area contributed by atoms with Crippen LogP contribution in [0.25, 0.3) is 0 Å². The van der Waals surface area contributed by atoms with E-state index in [1.54, 1.807) is 6.07 Å². The number of carbonyl (C=O) groups is 2. The van der Waals surface area contributed by atoms with Gasteiger partial charge < -0.3 is 10.0 Å². The fourth-order valence-corrected chi connectivity index (χ4v) is 1.50. The first kappa shape index (κ1) is 14.5. The summed E-state index contributed by atoms with van der Waals surface area (Å²) >= 11 is 0. The van der Waals surface area contributed by atoms with E-state index in [-0.39, 0.29) is 12.2 Å². The zero-order valence-corrected chi connectivity index (χ0v) is 10.3. The van der Waals surface area contributed by atoms with Crippen molar-refractivity contribution in [2.45, 2.75) is 0 Å². The van der Waals surface area contributed by atoms with Gasteiger partial charge in [-0.05, 0) is 12.1 Å². The summed E-state index contributed by atoms with van der Waals surface area (Å²) in [5.41, 5.74) is 0.0555. The Hall–Kier alpha value is -2.55. The summed E-state index contributed by atoms with van der Waals surface area (Å²) in [6, 6.07) is 5.02. The third-order valence-corrected chi connectivity index (χ3v) is 2.38. The Morgan fingerprint density at radius 3 is 2.58 bits per heavy atom. The number of hydrogen-bond donors (Lipinski definition) is 1. The molecule has 1 N–H and O–H groups in total. The summed E-state index contributed by atoms with van der Waals surface area (Å²) in [6.45, 7) is -0.703. The lowest BCUT2D eigenvalue weighted by molar-refractivity contribution is -0.137. The van der Waals surface area contributed by atoms with E-state index in [4.69, 9.17) is 11.5 Å². The average molecular weight is 264 g/mol. The van der Waals surface area contributed by atoms with E-state index in [0.29, 0.717) is 0 Å². The van der Waals surface area contributed by atoms with Crippen molar-refractivity contribution in [3.05, 3.63) is 30.1 Å². The third kappa shape index (κ3) is 3.71. The Morgan fingerprint density at radius 2 is 2.05 bits per heavy atom. The molecule has 0 saturated heterocycles. The van der Waals surface area contributed by atoms with Crippen LogP contribution in [0.15, 0.2) is 24.3 Å². The molecule has 0 fully saturated rings. The predicted molar refractivity (Wildman–Crippen MR) is 68.2 cm³/mol. The van der Waals surface area contributed by atoms with Crippen molar-refractivity contribution < 1.29 is 19.1 Å². The monoisotopic (exact) mass is 264 g/mol. The van der Waals surface area contributed by atoms with Crippen LogP contribution in [0.4, 0.5) is 14.9 Å². The number of amides is 2. The number of terminal acetylenes is 1. The first-order chi connectivity index (χ1) is 8.97. The highest BCUT2D eigenvalue weighted by Crippen LogP contribution is 2.18. The highest BCUT2D eigenvalue weighted by Gasteiger charge is 2.22. The van der Waals surface area contributed by atoms with Crippen molar-refractivity contribution in [2.24, 2.45) is 0 Å². The number of nitrogens with zero attached hydrogens (tertiary/aromatic N) is 2. The average Bonchev–Trinajstić information content (AvgIpc) is 2.36. The highest BCUT2D eigenvalue weighted by molar-refractivity contribution is 5.93. The summed E-state index contributed by atoms with van der Waals surface area (Å²) < 4.78 is 13.5. The van der Waals surface area contributed by atoms with E-state index in [1.165, 1.54) is 25.2 Å². The molecule has 0 aliphatic rings. The molecule has 5 nitrogen and oxygen atoms in total. The van der Waals surface area contributed by atoms with E-state index < -0.39 is 24.4 Å². The topological polar surface area (TPSA) is 60.9 Å². The fraction of sp³-hybridized carbons (Fsp3) is 0.231. The van der Waals surface area contributed by atoms with Gasteiger partial charge in [0.05, 0.1) is 12.2 Å². The molecule has 0 unspecified atom stereocenters. The molecule has 1 aromatic carbocycles. The van der Waals surface area contributed by atoms with Gasteiger partial charge in [0, 0.05) is 7.05 Å². The smallest absolute Gasteiger partial charge is 0.325 e. The zero-order valence-electron chi connectivity index (χ0n) is 10.3. The molecule has 6 heteroatoms. The molecular formula is C13H13FN2O3. The summed E-state index contributed by atoms with van der Waals surface area (Å²) in [7, 11) is 1.35. The summed E-state index contributed by atoms with van der Waals surface area (Å²) in [5.74, 6) is 0.432. The van der Waals surface area contributed by atoms with Crippen LogP contribution in [-0.4, -0.2) is 42.1 Å². The molecular weight excluding hydrogens is 251 g/mol. The lowest BCUT2D eigenvalue weighted by Crippen LogP contribution is -2.44. The second-order valence-electron chi connectivity index (χ2n) is 3.75. The van der Waals surface area contributed by atoms with Gasteiger partial charge in [0.1, 0.15) is 12.4 Å². The molecule has 0 saturated carbocycles. The Bertz CT molecular complexity index is 525. The van der Waals surface area contributed by atoms with Crippen molar-refractivity contribution in [3.63, 3.8) is 0 Å². The lowest BCUT2D eigenvalue weighted by atomic mass is 10.3. The second-order valence-corrected chi connectivity index (χ2v) is 3.75. The predicted octanol–water partition coefficient (Wildman–Crippen LogP) is 1.40. The van der Waals surface area contributed by atoms with Crippen molar-refractivity contribution in [3.8, 4) is 12.3 Å². The van der Waals surface area contributed by atoms with Gasteiger partial charge in [0.15, 0.2) is 0 Å². The van der Waals surface area contributed by atoms with Gasteiger partial charge in [-0.3, -0.25) is 9.69 Å². The van der Waals surface area contributed by atoms with Gasteiger partial charge in [0.25, 0.3) is 0 Å². The van der Waals surface area contributed by atoms with E-state index in [9.17, 15) is 14.0 Å². The van der Waals surface area contributed by atoms with Crippen molar-refractivity contribution in [2.75, 3.05) is 25.0 Å². The summed E-state index contributed by atoms with van der Waals surface area (Å²) in [6.07, 6.45) is 5.08. The van der Waals surface area contributed by atoms with E-state index in [1.807, 2.05) is 0 Å². The second kappa shape index (κ2) is 6.40. The fourth-order valence-electron chi connectivity index (χ4n) is 1.50. The van der Waals surface area contributed by atoms with Crippen molar-refractivity contribution in [1.29, 1.82) is 0 Å². The number of halogens is 1. The van der Waals surface area contributed by atoms with Crippen LogP contribution in [-0.2, 0) is 4.79 Å². The molecule has 19 heavy (non-hydrogen) atoms. The minimum atomic E-state index is -1.19. The van der Waals surface area contributed by atoms with Gasteiger partial charge >= 0.3 is 12.0 Å². The zero-order chi connectivity index (χ0) is 14.4. The number of urea groups is 1. The van der Waals surface area contributed by atoms with Crippen molar-refractivity contribution >= 4 is 17.7 Å². The quantitative estimate of drug-likeness (QED) is 0.836. The molecule has 0 aliphatic carbocycles. The maximum absolute atomic E-state index is 13.5. The number of carboxylic acids is 1. The van der Waals surface area contributed by atoms with Crippen molar-refractivity contribution in [1.82, 2.24) is 4.90 Å². The van der Waals surface area contributed by atoms with Crippen LogP contribution in [0, 0.1) is 18.2 Å². The Labute approximate surface area is 110 Å². The Morgan fingerprint density at radius 1 is 1.42 bits per heavy atom. The van der Waals surface area contributed by atoms with Gasteiger partial charge in [-0.1, -0.05) is 18.1 Å². The van der Waals surface area contributed by atoms with Crippen LogP contribution in [0.3, 0.4) is 0 Å². The SMILES string of the molecule is C#CCN(CC(=O)O)C(=O)N(C)c1ccccc1F. The molecule has 0 aliphatic heterocycles. The Balaban J connectivity index is 2.94. The molecule has 0 heterocycles. The Kier molecular flexibility index (Phi) is 4.89. The first-order valence-corrected chi connectivity index (χ1v) is 5.39. The standard InChI is InChI=1S/C13H13FN2O3/c1-3-8-16(9-12(17)18)13(19)15(2)11-7-5-4-6-10(11)14/h1,4-7H,8-9H2,2H3,(H,17,18). The molecule has 2 amide bonds. The van der Waals surface area contributed by atoms with Gasteiger partial charge in [-0.15, -0.1) is 6.42 Å². The molecule has 100 valence electrons. The lowest BCUT2D eigenvalue weighted by Gasteiger charge is -2.25. The third-order valence-electron chi connectivity index (χ3n) is 2.38.